The summed E-state index contributed by atoms with van der Waals surface area (Å²) in [5.41, 5.74) is 1.92. The van der Waals surface area contributed by atoms with Crippen LogP contribution in [0.2, 0.25) is 0 Å². The van der Waals surface area contributed by atoms with E-state index in [0.29, 0.717) is 12.4 Å². The van der Waals surface area contributed by atoms with Gasteiger partial charge in [0.05, 0.1) is 18.4 Å². The van der Waals surface area contributed by atoms with E-state index in [1.807, 2.05) is 37.4 Å². The van der Waals surface area contributed by atoms with E-state index in [-0.39, 0.29) is 0 Å². The number of hydrogen-bond donors (Lipinski definition) is 1. The van der Waals surface area contributed by atoms with Gasteiger partial charge in [0.1, 0.15) is 0 Å². The number of hydrogen-bond acceptors (Lipinski definition) is 4. The quantitative estimate of drug-likeness (QED) is 0.810. The highest BCUT2D eigenvalue weighted by Crippen LogP contribution is 2.14. The van der Waals surface area contributed by atoms with Gasteiger partial charge in [-0.3, -0.25) is 0 Å². The van der Waals surface area contributed by atoms with Crippen molar-refractivity contribution in [3.05, 3.63) is 42.4 Å². The zero-order valence-corrected chi connectivity index (χ0v) is 8.51. The largest absolute Gasteiger partial charge is 0.313 e. The molecule has 4 heteroatoms. The Hall–Kier alpha value is -1.81. The number of aromatic nitrogens is 3. The van der Waals surface area contributed by atoms with Crippen LogP contribution < -0.4 is 5.32 Å². The number of nitrogens with one attached hydrogen (secondary N) is 1. The highest BCUT2D eigenvalue weighted by Gasteiger charge is 2.01. The van der Waals surface area contributed by atoms with Gasteiger partial charge in [0.25, 0.3) is 0 Å². The summed E-state index contributed by atoms with van der Waals surface area (Å²) in [5.74, 6) is 0.707. The molecule has 1 heterocycles. The summed E-state index contributed by atoms with van der Waals surface area (Å²) in [6.45, 7) is 0.633. The Balaban J connectivity index is 2.33. The van der Waals surface area contributed by atoms with E-state index in [1.165, 1.54) is 0 Å². The second-order valence-corrected chi connectivity index (χ2v) is 3.15. The predicted molar refractivity (Wildman–Crippen MR) is 58.0 cm³/mol. The minimum Gasteiger partial charge on any atom is -0.313 e. The van der Waals surface area contributed by atoms with Crippen molar-refractivity contribution in [1.29, 1.82) is 0 Å². The standard InChI is InChI=1S/C11H12N4/c1-12-8-11-14-10(7-13-15-11)9-5-3-2-4-6-9/h2-7,12H,8H2,1H3. The monoisotopic (exact) mass is 200 g/mol. The van der Waals surface area contributed by atoms with Gasteiger partial charge < -0.3 is 5.32 Å². The van der Waals surface area contributed by atoms with Gasteiger partial charge in [0.2, 0.25) is 0 Å². The van der Waals surface area contributed by atoms with Gasteiger partial charge >= 0.3 is 0 Å². The zero-order valence-electron chi connectivity index (χ0n) is 8.51. The summed E-state index contributed by atoms with van der Waals surface area (Å²) in [5, 5.41) is 10.9. The van der Waals surface area contributed by atoms with Crippen LogP contribution in [0.3, 0.4) is 0 Å². The molecule has 0 saturated heterocycles. The lowest BCUT2D eigenvalue weighted by molar-refractivity contribution is 0.731. The first-order valence-corrected chi connectivity index (χ1v) is 4.79. The fraction of sp³-hybridized carbons (Fsp3) is 0.182. The predicted octanol–water partition coefficient (Wildman–Crippen LogP) is 1.26. The molecule has 0 fully saturated rings. The number of rotatable bonds is 3. The first-order chi connectivity index (χ1) is 7.40. The van der Waals surface area contributed by atoms with E-state index in [9.17, 15) is 0 Å². The SMILES string of the molecule is CNCc1nncc(-c2ccccc2)n1. The van der Waals surface area contributed by atoms with Crippen LogP contribution >= 0.6 is 0 Å². The third-order valence-corrected chi connectivity index (χ3v) is 2.01. The molecule has 2 rings (SSSR count). The average molecular weight is 200 g/mol. The molecular weight excluding hydrogens is 188 g/mol. The molecule has 0 atom stereocenters. The number of benzene rings is 1. The molecule has 15 heavy (non-hydrogen) atoms. The molecule has 0 saturated carbocycles. The van der Waals surface area contributed by atoms with Crippen molar-refractivity contribution in [3.63, 3.8) is 0 Å². The van der Waals surface area contributed by atoms with Crippen LogP contribution in [-0.4, -0.2) is 22.2 Å². The fourth-order valence-corrected chi connectivity index (χ4v) is 1.32. The lowest BCUT2D eigenvalue weighted by Crippen LogP contribution is -2.10. The van der Waals surface area contributed by atoms with Gasteiger partial charge in [0.15, 0.2) is 5.82 Å². The maximum absolute atomic E-state index is 4.40. The van der Waals surface area contributed by atoms with Crippen LogP contribution in [-0.2, 0) is 6.54 Å². The van der Waals surface area contributed by atoms with Gasteiger partial charge in [-0.25, -0.2) is 4.98 Å². The highest BCUT2D eigenvalue weighted by molar-refractivity contribution is 5.57. The Kier molecular flexibility index (Phi) is 2.99. The van der Waals surface area contributed by atoms with Gasteiger partial charge in [-0.15, -0.1) is 5.10 Å². The van der Waals surface area contributed by atoms with Gasteiger partial charge in [-0.1, -0.05) is 30.3 Å². The van der Waals surface area contributed by atoms with Crippen LogP contribution in [0.15, 0.2) is 36.5 Å². The molecular formula is C11H12N4. The Morgan fingerprint density at radius 1 is 1.20 bits per heavy atom. The van der Waals surface area contributed by atoms with Crippen molar-refractivity contribution in [2.45, 2.75) is 6.54 Å². The van der Waals surface area contributed by atoms with Crippen molar-refractivity contribution in [2.24, 2.45) is 0 Å². The molecule has 0 amide bonds. The molecule has 4 nitrogen and oxygen atoms in total. The first kappa shape index (κ1) is 9.73. The molecule has 1 aromatic heterocycles. The lowest BCUT2D eigenvalue weighted by atomic mass is 10.2. The van der Waals surface area contributed by atoms with Crippen LogP contribution in [0, 0.1) is 0 Å². The Bertz CT molecular complexity index is 428. The first-order valence-electron chi connectivity index (χ1n) is 4.79. The molecule has 0 bridgehead atoms. The third kappa shape index (κ3) is 2.35. The summed E-state index contributed by atoms with van der Waals surface area (Å²) >= 11 is 0. The third-order valence-electron chi connectivity index (χ3n) is 2.01. The fourth-order valence-electron chi connectivity index (χ4n) is 1.32. The summed E-state index contributed by atoms with van der Waals surface area (Å²) in [4.78, 5) is 4.40. The van der Waals surface area contributed by atoms with E-state index in [0.717, 1.165) is 11.3 Å². The van der Waals surface area contributed by atoms with E-state index in [2.05, 4.69) is 20.5 Å². The van der Waals surface area contributed by atoms with Crippen molar-refractivity contribution in [1.82, 2.24) is 20.5 Å². The maximum Gasteiger partial charge on any atom is 0.165 e. The molecule has 1 N–H and O–H groups in total. The number of nitrogens with zero attached hydrogens (tertiary/aromatic N) is 3. The van der Waals surface area contributed by atoms with E-state index in [1.54, 1.807) is 6.20 Å². The maximum atomic E-state index is 4.40. The van der Waals surface area contributed by atoms with Crippen LogP contribution in [0.25, 0.3) is 11.3 Å². The second-order valence-electron chi connectivity index (χ2n) is 3.15. The van der Waals surface area contributed by atoms with Crippen LogP contribution in [0.1, 0.15) is 5.82 Å². The second kappa shape index (κ2) is 4.61. The van der Waals surface area contributed by atoms with Gasteiger partial charge in [-0.2, -0.15) is 5.10 Å². The van der Waals surface area contributed by atoms with Gasteiger partial charge in [0, 0.05) is 5.56 Å². The van der Waals surface area contributed by atoms with E-state index < -0.39 is 0 Å². The summed E-state index contributed by atoms with van der Waals surface area (Å²) < 4.78 is 0. The zero-order chi connectivity index (χ0) is 10.5. The molecule has 0 spiro atoms. The lowest BCUT2D eigenvalue weighted by Gasteiger charge is -2.01. The van der Waals surface area contributed by atoms with Gasteiger partial charge in [-0.05, 0) is 7.05 Å². The van der Waals surface area contributed by atoms with Crippen LogP contribution in [0.4, 0.5) is 0 Å². The molecule has 2 aromatic rings. The molecule has 0 aliphatic rings. The summed E-state index contributed by atoms with van der Waals surface area (Å²) in [6.07, 6.45) is 1.68. The smallest absolute Gasteiger partial charge is 0.165 e. The minimum atomic E-state index is 0.633. The van der Waals surface area contributed by atoms with E-state index in [4.69, 9.17) is 0 Å². The molecule has 0 unspecified atom stereocenters. The average Bonchev–Trinajstić information content (AvgIpc) is 2.31. The highest BCUT2D eigenvalue weighted by atomic mass is 15.2. The van der Waals surface area contributed by atoms with Crippen molar-refractivity contribution >= 4 is 0 Å². The van der Waals surface area contributed by atoms with Crippen molar-refractivity contribution < 1.29 is 0 Å². The van der Waals surface area contributed by atoms with E-state index >= 15 is 0 Å². The Morgan fingerprint density at radius 3 is 2.73 bits per heavy atom. The van der Waals surface area contributed by atoms with Crippen molar-refractivity contribution in [2.75, 3.05) is 7.05 Å². The molecule has 76 valence electrons. The molecule has 1 aromatic carbocycles. The molecule has 0 aliphatic carbocycles. The normalized spacial score (nSPS) is 10.2. The molecule has 0 aliphatic heterocycles. The topological polar surface area (TPSA) is 50.7 Å². The Labute approximate surface area is 88.4 Å². The summed E-state index contributed by atoms with van der Waals surface area (Å²) in [7, 11) is 1.86. The molecule has 0 radical (unpaired) electrons. The van der Waals surface area contributed by atoms with Crippen molar-refractivity contribution in [3.8, 4) is 11.3 Å². The van der Waals surface area contributed by atoms with Crippen LogP contribution in [0.5, 0.6) is 0 Å². The minimum absolute atomic E-state index is 0.633. The Morgan fingerprint density at radius 2 is 2.00 bits per heavy atom. The summed E-state index contributed by atoms with van der Waals surface area (Å²) in [6, 6.07) is 9.96.